The van der Waals surface area contributed by atoms with Crippen LogP contribution in [0, 0.1) is 0 Å². The summed E-state index contributed by atoms with van der Waals surface area (Å²) in [5, 5.41) is 14.8. The fourth-order valence-electron chi connectivity index (χ4n) is 2.88. The molecule has 1 saturated heterocycles. The molecule has 1 N–H and O–H groups in total. The average Bonchev–Trinajstić information content (AvgIpc) is 2.78. The standard InChI is InChI=1S/C15H19N3O2S/c1-17-14-5-3-2-4-12(14)13(16-17)9-18-6-7-21-10-11(18)8-15(19)20/h2-5,11H,6-10H2,1H3,(H,19,20). The number of aliphatic carboxylic acids is 1. The van der Waals surface area contributed by atoms with E-state index in [0.29, 0.717) is 0 Å². The number of nitrogens with zero attached hydrogens (tertiary/aromatic N) is 3. The molecule has 1 unspecified atom stereocenters. The molecular formula is C15H19N3O2S. The van der Waals surface area contributed by atoms with E-state index in [1.54, 1.807) is 0 Å². The van der Waals surface area contributed by atoms with Crippen LogP contribution in [0.1, 0.15) is 12.1 Å². The Morgan fingerprint density at radius 2 is 2.29 bits per heavy atom. The van der Waals surface area contributed by atoms with Gasteiger partial charge in [-0.3, -0.25) is 14.4 Å². The van der Waals surface area contributed by atoms with E-state index in [-0.39, 0.29) is 12.5 Å². The molecule has 1 aliphatic heterocycles. The molecule has 0 amide bonds. The van der Waals surface area contributed by atoms with Gasteiger partial charge in [0.05, 0.1) is 17.6 Å². The van der Waals surface area contributed by atoms with Crippen LogP contribution in [0.3, 0.4) is 0 Å². The summed E-state index contributed by atoms with van der Waals surface area (Å²) >= 11 is 1.84. The van der Waals surface area contributed by atoms with Crippen LogP contribution in [-0.4, -0.2) is 49.8 Å². The number of hydrogen-bond acceptors (Lipinski definition) is 4. The zero-order chi connectivity index (χ0) is 14.8. The lowest BCUT2D eigenvalue weighted by Crippen LogP contribution is -2.43. The maximum absolute atomic E-state index is 11.0. The van der Waals surface area contributed by atoms with Gasteiger partial charge >= 0.3 is 5.97 Å². The number of benzene rings is 1. The predicted molar refractivity (Wildman–Crippen MR) is 84.5 cm³/mol. The van der Waals surface area contributed by atoms with Crippen molar-refractivity contribution in [1.82, 2.24) is 14.7 Å². The lowest BCUT2D eigenvalue weighted by molar-refractivity contribution is -0.138. The zero-order valence-electron chi connectivity index (χ0n) is 12.0. The van der Waals surface area contributed by atoms with Crippen molar-refractivity contribution in [1.29, 1.82) is 0 Å². The molecule has 0 aliphatic carbocycles. The van der Waals surface area contributed by atoms with Gasteiger partial charge in [0.2, 0.25) is 0 Å². The molecule has 0 radical (unpaired) electrons. The molecule has 1 aromatic heterocycles. The summed E-state index contributed by atoms with van der Waals surface area (Å²) in [5.41, 5.74) is 2.16. The summed E-state index contributed by atoms with van der Waals surface area (Å²) in [4.78, 5) is 13.3. The Labute approximate surface area is 127 Å². The van der Waals surface area contributed by atoms with Gasteiger partial charge in [-0.15, -0.1) is 0 Å². The Hall–Kier alpha value is -1.53. The Morgan fingerprint density at radius 3 is 3.10 bits per heavy atom. The van der Waals surface area contributed by atoms with Gasteiger partial charge in [0, 0.05) is 43.1 Å². The lowest BCUT2D eigenvalue weighted by Gasteiger charge is -2.34. The molecule has 0 bridgehead atoms. The van der Waals surface area contributed by atoms with Crippen molar-refractivity contribution in [3.63, 3.8) is 0 Å². The zero-order valence-corrected chi connectivity index (χ0v) is 12.8. The van der Waals surface area contributed by atoms with Crippen molar-refractivity contribution in [2.24, 2.45) is 7.05 Å². The van der Waals surface area contributed by atoms with Crippen molar-refractivity contribution in [3.05, 3.63) is 30.0 Å². The van der Waals surface area contributed by atoms with Crippen LogP contribution < -0.4 is 0 Å². The normalized spacial score (nSPS) is 20.0. The van der Waals surface area contributed by atoms with Crippen LogP contribution >= 0.6 is 11.8 Å². The SMILES string of the molecule is Cn1nc(CN2CCSCC2CC(=O)O)c2ccccc21. The fraction of sp³-hybridized carbons (Fsp3) is 0.467. The lowest BCUT2D eigenvalue weighted by atomic mass is 10.1. The highest BCUT2D eigenvalue weighted by atomic mass is 32.2. The molecule has 0 saturated carbocycles. The molecule has 1 atom stereocenters. The third kappa shape index (κ3) is 3.06. The third-order valence-corrected chi connectivity index (χ3v) is 5.04. The first-order valence-corrected chi connectivity index (χ1v) is 8.25. The smallest absolute Gasteiger partial charge is 0.304 e. The van der Waals surface area contributed by atoms with E-state index < -0.39 is 5.97 Å². The van der Waals surface area contributed by atoms with Gasteiger partial charge in [-0.05, 0) is 6.07 Å². The van der Waals surface area contributed by atoms with Crippen molar-refractivity contribution in [2.75, 3.05) is 18.1 Å². The Kier molecular flexibility index (Phi) is 4.17. The van der Waals surface area contributed by atoms with Crippen LogP contribution in [0.25, 0.3) is 10.9 Å². The molecule has 1 aromatic carbocycles. The minimum absolute atomic E-state index is 0.0991. The summed E-state index contributed by atoms with van der Waals surface area (Å²) < 4.78 is 1.90. The molecule has 2 aromatic rings. The van der Waals surface area contributed by atoms with E-state index in [4.69, 9.17) is 5.11 Å². The number of hydrogen-bond donors (Lipinski definition) is 1. The monoisotopic (exact) mass is 305 g/mol. The molecule has 1 aliphatic rings. The van der Waals surface area contributed by atoms with E-state index >= 15 is 0 Å². The van der Waals surface area contributed by atoms with Crippen LogP contribution in [-0.2, 0) is 18.4 Å². The van der Waals surface area contributed by atoms with E-state index in [9.17, 15) is 4.79 Å². The quantitative estimate of drug-likeness (QED) is 0.936. The number of para-hydroxylation sites is 1. The van der Waals surface area contributed by atoms with Crippen LogP contribution in [0.2, 0.25) is 0 Å². The first kappa shape index (κ1) is 14.4. The van der Waals surface area contributed by atoms with E-state index in [0.717, 1.165) is 41.2 Å². The fourth-order valence-corrected chi connectivity index (χ4v) is 4.02. The minimum Gasteiger partial charge on any atom is -0.481 e. The van der Waals surface area contributed by atoms with Gasteiger partial charge in [-0.25, -0.2) is 0 Å². The summed E-state index contributed by atoms with van der Waals surface area (Å²) in [6, 6.07) is 8.28. The molecule has 3 rings (SSSR count). The first-order valence-electron chi connectivity index (χ1n) is 7.09. The number of aromatic nitrogens is 2. The molecule has 2 heterocycles. The van der Waals surface area contributed by atoms with E-state index in [1.165, 1.54) is 0 Å². The van der Waals surface area contributed by atoms with Crippen molar-refractivity contribution in [3.8, 4) is 0 Å². The number of carbonyl (C=O) groups is 1. The summed E-state index contributed by atoms with van der Waals surface area (Å²) in [6.07, 6.45) is 0.206. The van der Waals surface area contributed by atoms with Gasteiger partial charge in [0.25, 0.3) is 0 Å². The molecule has 0 spiro atoms. The second-order valence-electron chi connectivity index (χ2n) is 5.38. The van der Waals surface area contributed by atoms with Crippen LogP contribution in [0.5, 0.6) is 0 Å². The first-order chi connectivity index (χ1) is 10.1. The third-order valence-electron chi connectivity index (χ3n) is 3.95. The van der Waals surface area contributed by atoms with Gasteiger partial charge in [-0.1, -0.05) is 18.2 Å². The van der Waals surface area contributed by atoms with E-state index in [1.807, 2.05) is 35.6 Å². The molecule has 5 nitrogen and oxygen atoms in total. The number of carboxylic acid groups (broad SMARTS) is 1. The summed E-state index contributed by atoms with van der Waals surface area (Å²) in [6.45, 7) is 1.65. The highest BCUT2D eigenvalue weighted by molar-refractivity contribution is 7.99. The Morgan fingerprint density at radius 1 is 1.48 bits per heavy atom. The minimum atomic E-state index is -0.724. The highest BCUT2D eigenvalue weighted by Crippen LogP contribution is 2.24. The molecule has 112 valence electrons. The second-order valence-corrected chi connectivity index (χ2v) is 6.53. The van der Waals surface area contributed by atoms with Crippen molar-refractivity contribution >= 4 is 28.6 Å². The van der Waals surface area contributed by atoms with Crippen LogP contribution in [0.15, 0.2) is 24.3 Å². The molecule has 1 fully saturated rings. The van der Waals surface area contributed by atoms with E-state index in [2.05, 4.69) is 22.1 Å². The predicted octanol–water partition coefficient (Wildman–Crippen LogP) is 1.97. The summed E-state index contributed by atoms with van der Waals surface area (Å²) in [5.74, 6) is 1.22. The molecular weight excluding hydrogens is 286 g/mol. The van der Waals surface area contributed by atoms with Crippen molar-refractivity contribution in [2.45, 2.75) is 19.0 Å². The summed E-state index contributed by atoms with van der Waals surface area (Å²) in [7, 11) is 1.95. The maximum Gasteiger partial charge on any atom is 0.304 e. The Balaban J connectivity index is 1.84. The van der Waals surface area contributed by atoms with Gasteiger partial charge < -0.3 is 5.11 Å². The second kappa shape index (κ2) is 6.07. The maximum atomic E-state index is 11.0. The topological polar surface area (TPSA) is 58.4 Å². The molecule has 21 heavy (non-hydrogen) atoms. The average molecular weight is 305 g/mol. The van der Waals surface area contributed by atoms with Crippen molar-refractivity contribution < 1.29 is 9.90 Å². The number of rotatable bonds is 4. The Bertz CT molecular complexity index is 655. The van der Waals surface area contributed by atoms with Gasteiger partial charge in [0.15, 0.2) is 0 Å². The largest absolute Gasteiger partial charge is 0.481 e. The van der Waals surface area contributed by atoms with Crippen LogP contribution in [0.4, 0.5) is 0 Å². The van der Waals surface area contributed by atoms with Gasteiger partial charge in [0.1, 0.15) is 0 Å². The van der Waals surface area contributed by atoms with Gasteiger partial charge in [-0.2, -0.15) is 16.9 Å². The number of thioether (sulfide) groups is 1. The number of aryl methyl sites for hydroxylation is 1. The number of carboxylic acids is 1. The highest BCUT2D eigenvalue weighted by Gasteiger charge is 2.26. The number of fused-ring (bicyclic) bond motifs is 1. The molecule has 6 heteroatoms.